The molecule has 1 fully saturated rings. The second-order valence-corrected chi connectivity index (χ2v) is 13.6. The number of nitrogens with zero attached hydrogens (tertiary/aromatic N) is 1. The third-order valence-electron chi connectivity index (χ3n) is 10.6. The maximum Gasteiger partial charge on any atom is 0.284 e. The van der Waals surface area contributed by atoms with Gasteiger partial charge in [0.25, 0.3) is 5.92 Å². The van der Waals surface area contributed by atoms with Crippen molar-refractivity contribution in [3.05, 3.63) is 46.9 Å². The second kappa shape index (κ2) is 15.1. The van der Waals surface area contributed by atoms with Crippen LogP contribution in [0, 0.1) is 17.7 Å². The molecule has 0 amide bonds. The molecule has 240 valence electrons. The van der Waals surface area contributed by atoms with Gasteiger partial charge in [-0.05, 0) is 89.5 Å². The summed E-state index contributed by atoms with van der Waals surface area (Å²) in [6.07, 6.45) is 15.8. The van der Waals surface area contributed by atoms with Crippen molar-refractivity contribution in [1.82, 2.24) is 4.90 Å². The quantitative estimate of drug-likeness (QED) is 0.104. The van der Waals surface area contributed by atoms with Crippen molar-refractivity contribution in [2.45, 2.75) is 153 Å². The van der Waals surface area contributed by atoms with Crippen molar-refractivity contribution in [1.29, 1.82) is 0 Å². The Balaban J connectivity index is 1.29. The lowest BCUT2D eigenvalue weighted by Gasteiger charge is -2.42. The summed E-state index contributed by atoms with van der Waals surface area (Å²) in [5.74, 6) is -2.81. The van der Waals surface area contributed by atoms with Crippen molar-refractivity contribution < 1.29 is 22.0 Å². The van der Waals surface area contributed by atoms with Crippen LogP contribution in [-0.4, -0.2) is 34.2 Å². The van der Waals surface area contributed by atoms with Crippen molar-refractivity contribution in [2.24, 2.45) is 11.8 Å². The van der Waals surface area contributed by atoms with E-state index in [1.807, 2.05) is 0 Å². The Bertz CT molecular complexity index is 983. The molecule has 2 aliphatic rings. The van der Waals surface area contributed by atoms with Crippen LogP contribution in [-0.2, 0) is 6.42 Å². The molecule has 0 aromatic heterocycles. The number of alkyl halides is 4. The van der Waals surface area contributed by atoms with Crippen LogP contribution < -0.4 is 0 Å². The van der Waals surface area contributed by atoms with Gasteiger partial charge in [-0.15, -0.1) is 0 Å². The maximum absolute atomic E-state index is 14.9. The van der Waals surface area contributed by atoms with Gasteiger partial charge in [0.05, 0.1) is 0 Å². The molecule has 0 saturated heterocycles. The van der Waals surface area contributed by atoms with Gasteiger partial charge in [0, 0.05) is 35.0 Å². The molecule has 3 unspecified atom stereocenters. The van der Waals surface area contributed by atoms with Crippen LogP contribution in [0.25, 0.3) is 0 Å². The minimum Gasteiger partial charge on any atom is -0.371 e. The van der Waals surface area contributed by atoms with Crippen LogP contribution >= 0.6 is 11.6 Å². The Morgan fingerprint density at radius 1 is 0.905 bits per heavy atom. The fourth-order valence-corrected chi connectivity index (χ4v) is 7.36. The lowest BCUT2D eigenvalue weighted by Crippen LogP contribution is -2.56. The third-order valence-corrected chi connectivity index (χ3v) is 10.9. The molecule has 0 N–H and O–H groups in total. The highest BCUT2D eigenvalue weighted by atomic mass is 35.5. The van der Waals surface area contributed by atoms with Crippen LogP contribution in [0.5, 0.6) is 0 Å². The molecule has 1 saturated carbocycles. The summed E-state index contributed by atoms with van der Waals surface area (Å²) in [4.78, 5) is 2.53. The van der Waals surface area contributed by atoms with Gasteiger partial charge in [0.1, 0.15) is 11.5 Å². The fourth-order valence-electron chi connectivity index (χ4n) is 7.10. The van der Waals surface area contributed by atoms with E-state index in [0.29, 0.717) is 35.3 Å². The van der Waals surface area contributed by atoms with E-state index < -0.39 is 23.7 Å². The highest BCUT2D eigenvalue weighted by Gasteiger charge is 2.62. The largest absolute Gasteiger partial charge is 0.371 e. The number of unbranched alkanes of at least 4 members (excludes halogenated alkanes) is 8. The molecule has 0 bridgehead atoms. The number of hydrogen-bond acceptors (Lipinski definition) is 1. The van der Waals surface area contributed by atoms with Gasteiger partial charge in [-0.2, -0.15) is 0 Å². The summed E-state index contributed by atoms with van der Waals surface area (Å²) < 4.78 is 73.0. The zero-order chi connectivity index (χ0) is 31.0. The molecular weight excluding hydrogens is 565 g/mol. The minimum absolute atomic E-state index is 0.0902. The van der Waals surface area contributed by atoms with E-state index in [1.165, 1.54) is 32.8 Å². The first-order valence-electron chi connectivity index (χ1n) is 16.5. The zero-order valence-electron chi connectivity index (χ0n) is 26.3. The lowest BCUT2D eigenvalue weighted by atomic mass is 9.77. The highest BCUT2D eigenvalue weighted by Crippen LogP contribution is 2.52. The van der Waals surface area contributed by atoms with Crippen LogP contribution in [0.1, 0.15) is 130 Å². The number of halogens is 6. The Hall–Kier alpha value is -1.30. The minimum atomic E-state index is -3.67. The number of hydrogen-bond donors (Lipinski definition) is 0. The van der Waals surface area contributed by atoms with E-state index in [2.05, 4.69) is 24.1 Å². The van der Waals surface area contributed by atoms with Gasteiger partial charge in [-0.1, -0.05) is 82.5 Å². The SMILES string of the molecule is CCC(F)(CC)C(C)(F)C(F)(F)CCCCCCCCCCCN1C=CC(CCc2c(F)cccc2Cl)C1(C)C1CC1. The van der Waals surface area contributed by atoms with Crippen LogP contribution in [0.15, 0.2) is 30.5 Å². The Labute approximate surface area is 256 Å². The Morgan fingerprint density at radius 2 is 1.48 bits per heavy atom. The molecule has 0 spiro atoms. The van der Waals surface area contributed by atoms with Crippen LogP contribution in [0.3, 0.4) is 0 Å². The van der Waals surface area contributed by atoms with E-state index in [-0.39, 0.29) is 30.6 Å². The standard InChI is InChI=1S/C35H53ClF5N/c1-5-34(39,6-2)33(4,38)35(40,41)24-14-12-10-8-7-9-11-13-15-25-42-26-23-28(32(42,3)27-19-20-27)21-22-29-30(36)17-16-18-31(29)37/h16-18,23,26-28H,5-15,19-22,24-25H2,1-4H3. The Kier molecular flexibility index (Phi) is 12.7. The average Bonchev–Trinajstić information content (AvgIpc) is 3.76. The maximum atomic E-state index is 14.9. The number of benzene rings is 1. The van der Waals surface area contributed by atoms with E-state index >= 15 is 0 Å². The molecule has 0 radical (unpaired) electrons. The zero-order valence-corrected chi connectivity index (χ0v) is 27.0. The van der Waals surface area contributed by atoms with Crippen molar-refractivity contribution >= 4 is 11.6 Å². The smallest absolute Gasteiger partial charge is 0.284 e. The molecule has 7 heteroatoms. The molecule has 3 atom stereocenters. The first kappa shape index (κ1) is 35.2. The molecule has 1 heterocycles. The van der Waals surface area contributed by atoms with Gasteiger partial charge in [-0.3, -0.25) is 0 Å². The third kappa shape index (κ3) is 8.04. The van der Waals surface area contributed by atoms with E-state index in [0.717, 1.165) is 64.8 Å². The molecule has 1 nitrogen and oxygen atoms in total. The molecule has 1 aliphatic heterocycles. The first-order chi connectivity index (χ1) is 19.8. The summed E-state index contributed by atoms with van der Waals surface area (Å²) in [6.45, 7) is 6.99. The molecule has 42 heavy (non-hydrogen) atoms. The van der Waals surface area contributed by atoms with Crippen molar-refractivity contribution in [3.63, 3.8) is 0 Å². The molecule has 1 aromatic carbocycles. The number of rotatable bonds is 20. The lowest BCUT2D eigenvalue weighted by molar-refractivity contribution is -0.200. The van der Waals surface area contributed by atoms with Gasteiger partial charge >= 0.3 is 0 Å². The van der Waals surface area contributed by atoms with Crippen molar-refractivity contribution in [3.8, 4) is 0 Å². The molecular formula is C35H53ClF5N. The average molecular weight is 618 g/mol. The van der Waals surface area contributed by atoms with Gasteiger partial charge in [0.15, 0.2) is 0 Å². The van der Waals surface area contributed by atoms with Crippen LogP contribution in [0.4, 0.5) is 22.0 Å². The van der Waals surface area contributed by atoms with Crippen LogP contribution in [0.2, 0.25) is 5.02 Å². The summed E-state index contributed by atoms with van der Waals surface area (Å²) in [6, 6.07) is 4.90. The Morgan fingerprint density at radius 3 is 2.02 bits per heavy atom. The van der Waals surface area contributed by atoms with Gasteiger partial charge < -0.3 is 4.90 Å². The topological polar surface area (TPSA) is 3.24 Å². The highest BCUT2D eigenvalue weighted by molar-refractivity contribution is 6.31. The summed E-state index contributed by atoms with van der Waals surface area (Å²) in [5.41, 5.74) is -4.94. The molecule has 3 rings (SSSR count). The van der Waals surface area contributed by atoms with Gasteiger partial charge in [0.2, 0.25) is 5.67 Å². The predicted octanol–water partition coefficient (Wildman–Crippen LogP) is 11.8. The van der Waals surface area contributed by atoms with Crippen molar-refractivity contribution in [2.75, 3.05) is 6.54 Å². The van der Waals surface area contributed by atoms with Gasteiger partial charge in [-0.25, -0.2) is 22.0 Å². The summed E-state index contributed by atoms with van der Waals surface area (Å²) in [5, 5.41) is 0.511. The first-order valence-corrected chi connectivity index (χ1v) is 16.9. The predicted molar refractivity (Wildman–Crippen MR) is 165 cm³/mol. The molecule has 1 aliphatic carbocycles. The van der Waals surface area contributed by atoms with E-state index in [9.17, 15) is 22.0 Å². The summed E-state index contributed by atoms with van der Waals surface area (Å²) in [7, 11) is 0. The fraction of sp³-hybridized carbons (Fsp3) is 0.771. The van der Waals surface area contributed by atoms with E-state index in [1.54, 1.807) is 12.1 Å². The molecule has 1 aromatic rings. The monoisotopic (exact) mass is 617 g/mol. The normalized spacial score (nSPS) is 22.6. The second-order valence-electron chi connectivity index (χ2n) is 13.2. The van der Waals surface area contributed by atoms with E-state index in [4.69, 9.17) is 11.6 Å². The summed E-state index contributed by atoms with van der Waals surface area (Å²) >= 11 is 6.28.